The van der Waals surface area contributed by atoms with Gasteiger partial charge < -0.3 is 14.6 Å². The zero-order chi connectivity index (χ0) is 18.8. The number of aliphatic hydroxyl groups is 1. The summed E-state index contributed by atoms with van der Waals surface area (Å²) in [5.74, 6) is -0.541. The minimum atomic E-state index is -0.541. The molecule has 1 aliphatic heterocycles. The summed E-state index contributed by atoms with van der Waals surface area (Å²) in [6.07, 6.45) is 12.4. The highest BCUT2D eigenvalue weighted by atomic mass is 16.7. The third-order valence-corrected chi connectivity index (χ3v) is 4.68. The van der Waals surface area contributed by atoms with Crippen molar-refractivity contribution in [1.29, 1.82) is 0 Å². The molecule has 0 saturated carbocycles. The molecule has 1 saturated heterocycles. The van der Waals surface area contributed by atoms with Gasteiger partial charge in [-0.3, -0.25) is 0 Å². The summed E-state index contributed by atoms with van der Waals surface area (Å²) in [7, 11) is 0. The lowest BCUT2D eigenvalue weighted by Crippen LogP contribution is -2.44. The van der Waals surface area contributed by atoms with Crippen LogP contribution in [0.2, 0.25) is 0 Å². The van der Waals surface area contributed by atoms with Crippen LogP contribution in [-0.2, 0) is 15.9 Å². The van der Waals surface area contributed by atoms with E-state index in [-0.39, 0.29) is 12.2 Å². The normalized spacial score (nSPS) is 23.8. The smallest absolute Gasteiger partial charge is 0.163 e. The largest absolute Gasteiger partial charge is 0.389 e. The lowest BCUT2D eigenvalue weighted by molar-refractivity contribution is -0.299. The molecule has 0 aliphatic carbocycles. The van der Waals surface area contributed by atoms with E-state index in [0.717, 1.165) is 32.1 Å². The number of rotatable bonds is 10. The predicted octanol–water partition coefficient (Wildman–Crippen LogP) is 5.19. The van der Waals surface area contributed by atoms with E-state index < -0.39 is 11.9 Å². The molecule has 0 unspecified atom stereocenters. The summed E-state index contributed by atoms with van der Waals surface area (Å²) >= 11 is 0. The molecule has 1 fully saturated rings. The van der Waals surface area contributed by atoms with Crippen LogP contribution in [0.4, 0.5) is 0 Å². The molecule has 2 rings (SSSR count). The van der Waals surface area contributed by atoms with Crippen molar-refractivity contribution in [3.05, 3.63) is 60.7 Å². The van der Waals surface area contributed by atoms with E-state index in [1.807, 2.05) is 26.0 Å². The SMILES string of the molecule is C=CC[C@H](O)/C=C/C[C@@H]1C[C@@H](CCCCc2ccccc2)OC(C)(C)O1. The Morgan fingerprint density at radius 2 is 1.92 bits per heavy atom. The van der Waals surface area contributed by atoms with Crippen molar-refractivity contribution in [2.75, 3.05) is 0 Å². The summed E-state index contributed by atoms with van der Waals surface area (Å²) in [6, 6.07) is 10.6. The molecule has 0 aromatic heterocycles. The highest BCUT2D eigenvalue weighted by molar-refractivity contribution is 5.14. The first-order chi connectivity index (χ1) is 12.5. The van der Waals surface area contributed by atoms with Crippen molar-refractivity contribution < 1.29 is 14.6 Å². The maximum absolute atomic E-state index is 9.75. The van der Waals surface area contributed by atoms with Crippen molar-refractivity contribution in [2.45, 2.75) is 82.9 Å². The van der Waals surface area contributed by atoms with Crippen molar-refractivity contribution in [1.82, 2.24) is 0 Å². The summed E-state index contributed by atoms with van der Waals surface area (Å²) < 4.78 is 12.2. The number of benzene rings is 1. The third-order valence-electron chi connectivity index (χ3n) is 4.68. The highest BCUT2D eigenvalue weighted by Gasteiger charge is 2.34. The molecule has 1 aliphatic rings. The van der Waals surface area contributed by atoms with Gasteiger partial charge in [0.2, 0.25) is 0 Å². The van der Waals surface area contributed by atoms with Crippen LogP contribution in [0.25, 0.3) is 0 Å². The number of hydrogen-bond donors (Lipinski definition) is 1. The van der Waals surface area contributed by atoms with Crippen LogP contribution in [0.3, 0.4) is 0 Å². The molecular formula is C23H34O3. The van der Waals surface area contributed by atoms with Gasteiger partial charge in [-0.2, -0.15) is 0 Å². The van der Waals surface area contributed by atoms with E-state index >= 15 is 0 Å². The standard InChI is InChI=1S/C23H34O3/c1-4-11-20(24)15-10-17-22-18-21(25-23(2,3)26-22)16-9-8-14-19-12-6-5-7-13-19/h4-7,10,12-13,15,20-22,24H,1,8-9,11,14,16-18H2,2-3H3/b15-10+/t20-,21+,22+/m0/s1. The molecule has 0 radical (unpaired) electrons. The second kappa shape index (κ2) is 10.7. The van der Waals surface area contributed by atoms with Crippen LogP contribution < -0.4 is 0 Å². The first-order valence-electron chi connectivity index (χ1n) is 9.83. The Morgan fingerprint density at radius 1 is 1.19 bits per heavy atom. The van der Waals surface area contributed by atoms with Crippen LogP contribution in [-0.4, -0.2) is 29.2 Å². The van der Waals surface area contributed by atoms with Crippen LogP contribution in [0.15, 0.2) is 55.1 Å². The Hall–Kier alpha value is -1.42. The molecule has 144 valence electrons. The number of aliphatic hydroxyl groups excluding tert-OH is 1. The maximum Gasteiger partial charge on any atom is 0.163 e. The molecule has 1 heterocycles. The molecule has 0 bridgehead atoms. The van der Waals surface area contributed by atoms with Crippen LogP contribution in [0, 0.1) is 0 Å². The summed E-state index contributed by atoms with van der Waals surface area (Å²) in [5, 5.41) is 9.75. The minimum absolute atomic E-state index is 0.144. The summed E-state index contributed by atoms with van der Waals surface area (Å²) in [5.41, 5.74) is 1.40. The quantitative estimate of drug-likeness (QED) is 0.462. The fraction of sp³-hybridized carbons (Fsp3) is 0.565. The molecule has 0 amide bonds. The zero-order valence-corrected chi connectivity index (χ0v) is 16.3. The van der Waals surface area contributed by atoms with Crippen molar-refractivity contribution in [3.63, 3.8) is 0 Å². The van der Waals surface area contributed by atoms with Crippen LogP contribution in [0.5, 0.6) is 0 Å². The third kappa shape index (κ3) is 7.86. The minimum Gasteiger partial charge on any atom is -0.389 e. The fourth-order valence-corrected chi connectivity index (χ4v) is 3.52. The Morgan fingerprint density at radius 3 is 2.65 bits per heavy atom. The van der Waals surface area contributed by atoms with Crippen molar-refractivity contribution >= 4 is 0 Å². The Labute approximate surface area is 158 Å². The second-order valence-corrected chi connectivity index (χ2v) is 7.60. The van der Waals surface area contributed by atoms with Gasteiger partial charge in [0.1, 0.15) is 0 Å². The topological polar surface area (TPSA) is 38.7 Å². The van der Waals surface area contributed by atoms with Gasteiger partial charge in [0.15, 0.2) is 5.79 Å². The van der Waals surface area contributed by atoms with Gasteiger partial charge in [0, 0.05) is 6.42 Å². The number of aryl methyl sites for hydroxylation is 1. The highest BCUT2D eigenvalue weighted by Crippen LogP contribution is 2.31. The first kappa shape index (κ1) is 20.9. The summed E-state index contributed by atoms with van der Waals surface area (Å²) in [6.45, 7) is 7.63. The van der Waals surface area contributed by atoms with Gasteiger partial charge in [0.25, 0.3) is 0 Å². The van der Waals surface area contributed by atoms with E-state index in [1.54, 1.807) is 6.08 Å². The Kier molecular flexibility index (Phi) is 8.56. The van der Waals surface area contributed by atoms with E-state index in [2.05, 4.69) is 36.9 Å². The first-order valence-corrected chi connectivity index (χ1v) is 9.83. The Balaban J connectivity index is 1.74. The van der Waals surface area contributed by atoms with Gasteiger partial charge in [0.05, 0.1) is 18.3 Å². The molecule has 3 atom stereocenters. The molecule has 1 aromatic carbocycles. The van der Waals surface area contributed by atoms with Crippen molar-refractivity contribution in [3.8, 4) is 0 Å². The van der Waals surface area contributed by atoms with E-state index in [0.29, 0.717) is 6.42 Å². The number of unbranched alkanes of at least 4 members (excludes halogenated alkanes) is 1. The number of ether oxygens (including phenoxy) is 2. The second-order valence-electron chi connectivity index (χ2n) is 7.60. The van der Waals surface area contributed by atoms with Crippen LogP contribution >= 0.6 is 0 Å². The zero-order valence-electron chi connectivity index (χ0n) is 16.3. The van der Waals surface area contributed by atoms with Crippen molar-refractivity contribution in [2.24, 2.45) is 0 Å². The Bertz CT molecular complexity index is 550. The molecular weight excluding hydrogens is 324 g/mol. The van der Waals surface area contributed by atoms with Gasteiger partial charge in [-0.15, -0.1) is 6.58 Å². The molecule has 3 heteroatoms. The average Bonchev–Trinajstić information content (AvgIpc) is 2.59. The van der Waals surface area contributed by atoms with Gasteiger partial charge in [-0.05, 0) is 51.5 Å². The summed E-state index contributed by atoms with van der Waals surface area (Å²) in [4.78, 5) is 0. The lowest BCUT2D eigenvalue weighted by atomic mass is 9.99. The van der Waals surface area contributed by atoms with Gasteiger partial charge in [-0.25, -0.2) is 0 Å². The molecule has 1 N–H and O–H groups in total. The average molecular weight is 359 g/mol. The van der Waals surface area contributed by atoms with E-state index in [4.69, 9.17) is 9.47 Å². The molecule has 26 heavy (non-hydrogen) atoms. The lowest BCUT2D eigenvalue weighted by Gasteiger charge is -2.40. The van der Waals surface area contributed by atoms with Gasteiger partial charge in [-0.1, -0.05) is 55.0 Å². The maximum atomic E-state index is 9.75. The molecule has 0 spiro atoms. The van der Waals surface area contributed by atoms with Crippen LogP contribution in [0.1, 0.15) is 57.9 Å². The monoisotopic (exact) mass is 358 g/mol. The predicted molar refractivity (Wildman–Crippen MR) is 107 cm³/mol. The van der Waals surface area contributed by atoms with E-state index in [1.165, 1.54) is 12.0 Å². The molecule has 1 aromatic rings. The molecule has 3 nitrogen and oxygen atoms in total. The van der Waals surface area contributed by atoms with Gasteiger partial charge >= 0.3 is 0 Å². The number of hydrogen-bond acceptors (Lipinski definition) is 3. The fourth-order valence-electron chi connectivity index (χ4n) is 3.52. The van der Waals surface area contributed by atoms with E-state index in [9.17, 15) is 5.11 Å².